The number of piperidine rings is 1. The minimum absolute atomic E-state index is 0.0646. The minimum atomic E-state index is -0.871. The molecule has 6 rings (SSSR count). The summed E-state index contributed by atoms with van der Waals surface area (Å²) in [7, 11) is 0. The van der Waals surface area contributed by atoms with Crippen LogP contribution in [-0.4, -0.2) is 57.8 Å². The summed E-state index contributed by atoms with van der Waals surface area (Å²) in [6.07, 6.45) is 4.03. The molecule has 0 aliphatic carbocycles. The van der Waals surface area contributed by atoms with Crippen LogP contribution in [0.3, 0.4) is 0 Å². The summed E-state index contributed by atoms with van der Waals surface area (Å²) in [5, 5.41) is 26.1. The third-order valence-corrected chi connectivity index (χ3v) is 7.71. The van der Waals surface area contributed by atoms with Gasteiger partial charge < -0.3 is 26.0 Å². The van der Waals surface area contributed by atoms with Crippen LogP contribution in [0.4, 0.5) is 17.3 Å². The average molecular weight is 532 g/mol. The molecule has 2 saturated heterocycles. The third-order valence-electron chi connectivity index (χ3n) is 7.45. The summed E-state index contributed by atoms with van der Waals surface area (Å²) in [6, 6.07) is 18.9. The van der Waals surface area contributed by atoms with Gasteiger partial charge in [-0.25, -0.2) is 4.52 Å². The van der Waals surface area contributed by atoms with E-state index < -0.39 is 5.60 Å². The van der Waals surface area contributed by atoms with Crippen molar-refractivity contribution in [2.45, 2.75) is 30.9 Å². The lowest BCUT2D eigenvalue weighted by Crippen LogP contribution is -2.42. The van der Waals surface area contributed by atoms with Gasteiger partial charge >= 0.3 is 0 Å². The van der Waals surface area contributed by atoms with Gasteiger partial charge in [0, 0.05) is 48.1 Å². The van der Waals surface area contributed by atoms with Gasteiger partial charge in [0.05, 0.1) is 11.3 Å². The van der Waals surface area contributed by atoms with E-state index in [2.05, 4.69) is 25.9 Å². The van der Waals surface area contributed by atoms with Gasteiger partial charge in [-0.15, -0.1) is 5.10 Å². The Bertz CT molecular complexity index is 1420. The fraction of sp³-hybridized carbons (Fsp3) is 0.321. The Morgan fingerprint density at radius 1 is 1.08 bits per heavy atom. The van der Waals surface area contributed by atoms with E-state index in [1.165, 1.54) is 0 Å². The third kappa shape index (κ3) is 5.05. The molecule has 2 aliphatic heterocycles. The van der Waals surface area contributed by atoms with Crippen LogP contribution in [0.2, 0.25) is 5.02 Å². The van der Waals surface area contributed by atoms with E-state index in [0.717, 1.165) is 42.1 Å². The van der Waals surface area contributed by atoms with Gasteiger partial charge in [-0.05, 0) is 79.9 Å². The lowest BCUT2D eigenvalue weighted by atomic mass is 9.84. The molecule has 9 nitrogen and oxygen atoms in total. The normalized spacial score (nSPS) is 19.0. The van der Waals surface area contributed by atoms with Gasteiger partial charge in [-0.3, -0.25) is 4.79 Å². The van der Waals surface area contributed by atoms with Gasteiger partial charge in [0.1, 0.15) is 0 Å². The van der Waals surface area contributed by atoms with E-state index in [0.29, 0.717) is 42.5 Å². The molecule has 4 heterocycles. The fourth-order valence-electron chi connectivity index (χ4n) is 5.24. The Hall–Kier alpha value is -3.66. The van der Waals surface area contributed by atoms with Crippen molar-refractivity contribution in [2.24, 2.45) is 0 Å². The molecule has 4 aromatic rings. The van der Waals surface area contributed by atoms with Gasteiger partial charge in [0.25, 0.3) is 5.91 Å². The largest absolute Gasteiger partial charge is 0.385 e. The number of hydrogen-bond acceptors (Lipinski definition) is 7. The first kappa shape index (κ1) is 24.7. The molecule has 0 bridgehead atoms. The van der Waals surface area contributed by atoms with Gasteiger partial charge in [0.15, 0.2) is 5.65 Å². The standard InChI is InChI=1S/C28H30ClN7O2/c29-21-7-5-20(6-8-21)28(38)12-16-35(17-13-28)24-2-1-15-36-25(24)33-27(34-36)32-22-9-3-19(4-10-22)26(37)31-23-11-14-30-18-23/h1-10,15,23,30,38H,11-14,16-18H2,(H,31,37)(H,32,34). The van der Waals surface area contributed by atoms with Crippen molar-refractivity contribution in [3.8, 4) is 0 Å². The van der Waals surface area contributed by atoms with Crippen LogP contribution >= 0.6 is 11.6 Å². The van der Waals surface area contributed by atoms with E-state index in [-0.39, 0.29) is 11.9 Å². The van der Waals surface area contributed by atoms with Crippen LogP contribution in [-0.2, 0) is 5.60 Å². The molecule has 0 saturated carbocycles. The smallest absolute Gasteiger partial charge is 0.251 e. The highest BCUT2D eigenvalue weighted by atomic mass is 35.5. The summed E-state index contributed by atoms with van der Waals surface area (Å²) in [5.74, 6) is 0.409. The molecule has 1 atom stereocenters. The molecule has 2 aromatic heterocycles. The maximum absolute atomic E-state index is 12.5. The summed E-state index contributed by atoms with van der Waals surface area (Å²) in [6.45, 7) is 3.13. The van der Waals surface area contributed by atoms with Crippen LogP contribution in [0.1, 0.15) is 35.2 Å². The van der Waals surface area contributed by atoms with Gasteiger partial charge in [0.2, 0.25) is 5.95 Å². The number of fused-ring (bicyclic) bond motifs is 1. The Morgan fingerprint density at radius 3 is 2.55 bits per heavy atom. The summed E-state index contributed by atoms with van der Waals surface area (Å²) in [4.78, 5) is 19.5. The van der Waals surface area contributed by atoms with E-state index in [1.807, 2.05) is 54.7 Å². The first-order chi connectivity index (χ1) is 18.5. The quantitative estimate of drug-likeness (QED) is 0.300. The van der Waals surface area contributed by atoms with E-state index in [1.54, 1.807) is 16.6 Å². The maximum Gasteiger partial charge on any atom is 0.251 e. The number of pyridine rings is 1. The van der Waals surface area contributed by atoms with Crippen LogP contribution in [0.15, 0.2) is 66.9 Å². The summed E-state index contributed by atoms with van der Waals surface area (Å²) < 4.78 is 1.76. The number of carbonyl (C=O) groups excluding carboxylic acids is 1. The zero-order valence-corrected chi connectivity index (χ0v) is 21.7. The second kappa shape index (κ2) is 10.2. The number of carbonyl (C=O) groups is 1. The zero-order chi connectivity index (χ0) is 26.1. The SMILES string of the molecule is O=C(NC1CCNC1)c1ccc(Nc2nc3c(N4CCC(O)(c5ccc(Cl)cc5)CC4)cccn3n2)cc1. The van der Waals surface area contributed by atoms with Gasteiger partial charge in [-0.1, -0.05) is 23.7 Å². The highest BCUT2D eigenvalue weighted by molar-refractivity contribution is 6.30. The summed E-state index contributed by atoms with van der Waals surface area (Å²) >= 11 is 6.03. The Labute approximate surface area is 225 Å². The predicted octanol–water partition coefficient (Wildman–Crippen LogP) is 3.71. The highest BCUT2D eigenvalue weighted by Gasteiger charge is 2.34. The number of aliphatic hydroxyl groups is 1. The Balaban J connectivity index is 1.14. The van der Waals surface area contributed by atoms with Crippen molar-refractivity contribution in [2.75, 3.05) is 36.4 Å². The van der Waals surface area contributed by atoms with E-state index in [9.17, 15) is 9.90 Å². The Kier molecular flexibility index (Phi) is 6.65. The number of anilines is 3. The highest BCUT2D eigenvalue weighted by Crippen LogP contribution is 2.36. The van der Waals surface area contributed by atoms with Crippen molar-refractivity contribution < 1.29 is 9.90 Å². The molecule has 1 amide bonds. The number of amides is 1. The van der Waals surface area contributed by atoms with Crippen LogP contribution in [0.25, 0.3) is 5.65 Å². The molecule has 4 N–H and O–H groups in total. The summed E-state index contributed by atoms with van der Waals surface area (Å²) in [5.41, 5.74) is 3.16. The predicted molar refractivity (Wildman–Crippen MR) is 148 cm³/mol. The molecule has 10 heteroatoms. The molecule has 0 spiro atoms. The number of nitrogens with one attached hydrogen (secondary N) is 3. The number of hydrogen-bond donors (Lipinski definition) is 4. The first-order valence-electron chi connectivity index (χ1n) is 12.9. The van der Waals surface area contributed by atoms with Crippen LogP contribution in [0, 0.1) is 0 Å². The van der Waals surface area contributed by atoms with Gasteiger partial charge in [-0.2, -0.15) is 4.98 Å². The van der Waals surface area contributed by atoms with Crippen molar-refractivity contribution in [3.63, 3.8) is 0 Å². The van der Waals surface area contributed by atoms with Crippen LogP contribution < -0.4 is 20.9 Å². The van der Waals surface area contributed by atoms with E-state index >= 15 is 0 Å². The lowest BCUT2D eigenvalue weighted by molar-refractivity contribution is 0.0118. The molecule has 2 aromatic carbocycles. The second-order valence-corrected chi connectivity index (χ2v) is 10.4. The molecule has 0 radical (unpaired) electrons. The molecule has 2 fully saturated rings. The van der Waals surface area contributed by atoms with Crippen molar-refractivity contribution in [1.29, 1.82) is 0 Å². The molecule has 2 aliphatic rings. The number of benzene rings is 2. The second-order valence-electron chi connectivity index (χ2n) is 9.99. The van der Waals surface area contributed by atoms with Crippen LogP contribution in [0.5, 0.6) is 0 Å². The molecule has 38 heavy (non-hydrogen) atoms. The fourth-order valence-corrected chi connectivity index (χ4v) is 5.36. The number of halogens is 1. The topological polar surface area (TPSA) is 107 Å². The molecular formula is C28H30ClN7O2. The zero-order valence-electron chi connectivity index (χ0n) is 20.9. The first-order valence-corrected chi connectivity index (χ1v) is 13.3. The van der Waals surface area contributed by atoms with Crippen molar-refractivity contribution in [3.05, 3.63) is 83.0 Å². The lowest BCUT2D eigenvalue weighted by Gasteiger charge is -2.39. The average Bonchev–Trinajstić information content (AvgIpc) is 3.59. The number of rotatable bonds is 6. The van der Waals surface area contributed by atoms with E-state index in [4.69, 9.17) is 16.6 Å². The number of nitrogens with zero attached hydrogens (tertiary/aromatic N) is 4. The molecular weight excluding hydrogens is 502 g/mol. The molecule has 196 valence electrons. The molecule has 1 unspecified atom stereocenters. The number of aromatic nitrogens is 3. The monoisotopic (exact) mass is 531 g/mol. The minimum Gasteiger partial charge on any atom is -0.385 e. The maximum atomic E-state index is 12.5. The Morgan fingerprint density at radius 2 is 1.84 bits per heavy atom. The van der Waals surface area contributed by atoms with Crippen molar-refractivity contribution in [1.82, 2.24) is 25.2 Å². The van der Waals surface area contributed by atoms with Crippen molar-refractivity contribution >= 4 is 40.5 Å².